The molecule has 1 aliphatic carbocycles. The summed E-state index contributed by atoms with van der Waals surface area (Å²) in [7, 11) is 1.68. The van der Waals surface area contributed by atoms with Gasteiger partial charge in [0.15, 0.2) is 0 Å². The van der Waals surface area contributed by atoms with Crippen molar-refractivity contribution in [2.75, 3.05) is 7.11 Å². The Morgan fingerprint density at radius 1 is 0.867 bits per heavy atom. The molecule has 2 nitrogen and oxygen atoms in total. The van der Waals surface area contributed by atoms with Crippen LogP contribution >= 0.6 is 0 Å². The molecule has 0 unspecified atom stereocenters. The Labute approximate surface area is 181 Å². The highest BCUT2D eigenvalue weighted by atomic mass is 16.5. The van der Waals surface area contributed by atoms with E-state index < -0.39 is 5.41 Å². The van der Waals surface area contributed by atoms with E-state index in [1.165, 1.54) is 11.1 Å². The average molecular weight is 403 g/mol. The Bertz CT molecular complexity index is 948. The topological polar surface area (TPSA) is 26.3 Å². The highest BCUT2D eigenvalue weighted by Gasteiger charge is 2.42. The molecule has 30 heavy (non-hydrogen) atoms. The quantitative estimate of drug-likeness (QED) is 0.546. The molecular formula is C28H34O2. The number of ether oxygens (including phenoxy) is 1. The van der Waals surface area contributed by atoms with Crippen LogP contribution < -0.4 is 4.74 Å². The fourth-order valence-corrected chi connectivity index (χ4v) is 4.17. The third kappa shape index (κ3) is 4.59. The van der Waals surface area contributed by atoms with Gasteiger partial charge in [0.05, 0.1) is 13.0 Å². The predicted octanol–water partition coefficient (Wildman–Crippen LogP) is 7.08. The van der Waals surface area contributed by atoms with Gasteiger partial charge in [0, 0.05) is 11.3 Å². The maximum atomic E-state index is 13.7. The smallest absolute Gasteiger partial charge is 0.146 e. The van der Waals surface area contributed by atoms with E-state index in [-0.39, 0.29) is 17.3 Å². The first-order valence-electron chi connectivity index (χ1n) is 10.7. The van der Waals surface area contributed by atoms with Crippen molar-refractivity contribution in [2.45, 2.75) is 47.5 Å². The van der Waals surface area contributed by atoms with Gasteiger partial charge in [0.2, 0.25) is 0 Å². The number of rotatable bonds is 4. The number of benzene rings is 2. The van der Waals surface area contributed by atoms with Gasteiger partial charge in [-0.15, -0.1) is 0 Å². The van der Waals surface area contributed by atoms with Gasteiger partial charge in [-0.05, 0) is 34.2 Å². The molecule has 1 aliphatic rings. The van der Waals surface area contributed by atoms with Crippen molar-refractivity contribution in [2.24, 2.45) is 16.7 Å². The van der Waals surface area contributed by atoms with E-state index in [0.717, 1.165) is 16.9 Å². The molecule has 158 valence electrons. The number of carbonyl (C=O) groups excluding carboxylic acids is 1. The van der Waals surface area contributed by atoms with Crippen molar-refractivity contribution in [3.63, 3.8) is 0 Å². The monoisotopic (exact) mass is 402 g/mol. The van der Waals surface area contributed by atoms with Crippen molar-refractivity contribution in [3.8, 4) is 5.75 Å². The molecule has 0 heterocycles. The zero-order valence-corrected chi connectivity index (χ0v) is 19.3. The number of carbonyl (C=O) groups is 1. The zero-order valence-electron chi connectivity index (χ0n) is 19.3. The molecule has 2 aromatic rings. The number of hydrogen-bond donors (Lipinski definition) is 0. The summed E-state index contributed by atoms with van der Waals surface area (Å²) in [5.74, 6) is 0.974. The standard InChI is InChI=1S/C28H34O2/c1-27(2,3)24-18-21(19-13-15-22(30-7)16-14-19)17-23(20-11-9-8-10-12-20)25(24)26(29)28(4,5)6/h8-18,23,25H,1-7H3/t23-,25+/m0/s1. The molecule has 0 saturated heterocycles. The van der Waals surface area contributed by atoms with E-state index in [9.17, 15) is 4.79 Å². The summed E-state index contributed by atoms with van der Waals surface area (Å²) in [6, 6.07) is 18.6. The summed E-state index contributed by atoms with van der Waals surface area (Å²) in [6.07, 6.45) is 4.52. The van der Waals surface area contributed by atoms with Crippen molar-refractivity contribution in [1.29, 1.82) is 0 Å². The summed E-state index contributed by atoms with van der Waals surface area (Å²) in [5, 5.41) is 0. The molecular weight excluding hydrogens is 368 g/mol. The minimum atomic E-state index is -0.409. The van der Waals surface area contributed by atoms with Gasteiger partial charge in [0.1, 0.15) is 11.5 Å². The SMILES string of the molecule is COc1ccc(C2=C[C@@H](c3ccccc3)[C@@H](C(=O)C(C)(C)C)C(C(C)(C)C)=C2)cc1. The fraction of sp³-hybridized carbons (Fsp3) is 0.393. The van der Waals surface area contributed by atoms with Crippen LogP contribution in [0.4, 0.5) is 0 Å². The number of Topliss-reactive ketones (excluding diaryl/α,β-unsaturated/α-hetero) is 1. The Balaban J connectivity index is 2.20. The lowest BCUT2D eigenvalue weighted by molar-refractivity contribution is -0.130. The van der Waals surface area contributed by atoms with Gasteiger partial charge >= 0.3 is 0 Å². The van der Waals surface area contributed by atoms with E-state index in [4.69, 9.17) is 4.74 Å². The van der Waals surface area contributed by atoms with E-state index in [2.05, 4.69) is 69.3 Å². The summed E-state index contributed by atoms with van der Waals surface area (Å²) < 4.78 is 5.33. The summed E-state index contributed by atoms with van der Waals surface area (Å²) >= 11 is 0. The highest BCUT2D eigenvalue weighted by molar-refractivity contribution is 5.92. The van der Waals surface area contributed by atoms with Crippen molar-refractivity contribution in [3.05, 3.63) is 83.4 Å². The lowest BCUT2D eigenvalue weighted by Crippen LogP contribution is -2.37. The molecule has 2 heteroatoms. The fourth-order valence-electron chi connectivity index (χ4n) is 4.17. The van der Waals surface area contributed by atoms with E-state index in [1.807, 2.05) is 39.0 Å². The van der Waals surface area contributed by atoms with Gasteiger partial charge in [-0.2, -0.15) is 0 Å². The first-order valence-corrected chi connectivity index (χ1v) is 10.7. The Morgan fingerprint density at radius 2 is 1.47 bits per heavy atom. The second-order valence-electron chi connectivity index (χ2n) is 10.2. The Kier molecular flexibility index (Phi) is 6.08. The summed E-state index contributed by atoms with van der Waals surface area (Å²) in [6.45, 7) is 12.7. The molecule has 0 bridgehead atoms. The van der Waals surface area contributed by atoms with Crippen LogP contribution in [-0.2, 0) is 4.79 Å². The first kappa shape index (κ1) is 22.1. The van der Waals surface area contributed by atoms with Crippen molar-refractivity contribution in [1.82, 2.24) is 0 Å². The Morgan fingerprint density at radius 3 is 1.97 bits per heavy atom. The molecule has 2 aromatic carbocycles. The minimum Gasteiger partial charge on any atom is -0.497 e. The van der Waals surface area contributed by atoms with Gasteiger partial charge in [-0.3, -0.25) is 4.79 Å². The molecule has 0 spiro atoms. The maximum Gasteiger partial charge on any atom is 0.146 e. The molecule has 0 saturated carbocycles. The van der Waals surface area contributed by atoms with Crippen molar-refractivity contribution < 1.29 is 9.53 Å². The van der Waals surface area contributed by atoms with E-state index in [0.29, 0.717) is 5.78 Å². The summed E-state index contributed by atoms with van der Waals surface area (Å²) in [4.78, 5) is 13.7. The van der Waals surface area contributed by atoms with Crippen LogP contribution in [-0.4, -0.2) is 12.9 Å². The molecule has 0 radical (unpaired) electrons. The average Bonchev–Trinajstić information content (AvgIpc) is 2.71. The molecule has 3 rings (SSSR count). The first-order chi connectivity index (χ1) is 14.0. The lowest BCUT2D eigenvalue weighted by atomic mass is 9.63. The molecule has 0 fully saturated rings. The van der Waals surface area contributed by atoms with Crippen LogP contribution in [0.1, 0.15) is 58.6 Å². The lowest BCUT2D eigenvalue weighted by Gasteiger charge is -2.40. The zero-order chi connectivity index (χ0) is 22.1. The number of allylic oxidation sites excluding steroid dienone is 4. The highest BCUT2D eigenvalue weighted by Crippen LogP contribution is 2.48. The largest absolute Gasteiger partial charge is 0.497 e. The normalized spacial score (nSPS) is 19.7. The second kappa shape index (κ2) is 8.26. The number of ketones is 1. The molecule has 0 N–H and O–H groups in total. The van der Waals surface area contributed by atoms with E-state index in [1.54, 1.807) is 7.11 Å². The van der Waals surface area contributed by atoms with E-state index >= 15 is 0 Å². The predicted molar refractivity (Wildman–Crippen MR) is 126 cm³/mol. The Hall–Kier alpha value is -2.61. The van der Waals surface area contributed by atoms with Gasteiger partial charge < -0.3 is 4.74 Å². The second-order valence-corrected chi connectivity index (χ2v) is 10.2. The van der Waals surface area contributed by atoms with Gasteiger partial charge in [0.25, 0.3) is 0 Å². The third-order valence-corrected chi connectivity index (χ3v) is 5.86. The van der Waals surface area contributed by atoms with Crippen LogP contribution in [0.15, 0.2) is 72.3 Å². The van der Waals surface area contributed by atoms with Crippen LogP contribution in [0, 0.1) is 16.7 Å². The molecule has 2 atom stereocenters. The number of hydrogen-bond acceptors (Lipinski definition) is 2. The van der Waals surface area contributed by atoms with Gasteiger partial charge in [-0.25, -0.2) is 0 Å². The maximum absolute atomic E-state index is 13.7. The van der Waals surface area contributed by atoms with Gasteiger partial charge in [-0.1, -0.05) is 102 Å². The molecule has 0 aromatic heterocycles. The van der Waals surface area contributed by atoms with Crippen LogP contribution in [0.2, 0.25) is 0 Å². The van der Waals surface area contributed by atoms with Crippen LogP contribution in [0.25, 0.3) is 5.57 Å². The van der Waals surface area contributed by atoms with Crippen LogP contribution in [0.3, 0.4) is 0 Å². The minimum absolute atomic E-state index is 0.00857. The third-order valence-electron chi connectivity index (χ3n) is 5.86. The van der Waals surface area contributed by atoms with Crippen LogP contribution in [0.5, 0.6) is 5.75 Å². The van der Waals surface area contributed by atoms with Crippen molar-refractivity contribution >= 4 is 11.4 Å². The summed E-state index contributed by atoms with van der Waals surface area (Å²) in [5.41, 5.74) is 4.15. The molecule has 0 amide bonds. The molecule has 0 aliphatic heterocycles. The number of methoxy groups -OCH3 is 1.